The largest absolute Gasteiger partial charge is 0.378 e. The predicted octanol–water partition coefficient (Wildman–Crippen LogP) is 4.59. The Morgan fingerprint density at radius 3 is 2.78 bits per heavy atom. The lowest BCUT2D eigenvalue weighted by Crippen LogP contribution is -2.04. The van der Waals surface area contributed by atoms with E-state index in [9.17, 15) is 10.1 Å². The van der Waals surface area contributed by atoms with E-state index in [4.69, 9.17) is 0 Å². The van der Waals surface area contributed by atoms with E-state index in [1.165, 1.54) is 10.9 Å². The number of thiophene rings is 1. The van der Waals surface area contributed by atoms with E-state index in [-0.39, 0.29) is 11.7 Å². The normalized spacial score (nSPS) is 12.1. The van der Waals surface area contributed by atoms with Gasteiger partial charge < -0.3 is 5.32 Å². The zero-order chi connectivity index (χ0) is 13.1. The van der Waals surface area contributed by atoms with Gasteiger partial charge in [-0.05, 0) is 41.1 Å². The van der Waals surface area contributed by atoms with Gasteiger partial charge in [0, 0.05) is 22.7 Å². The summed E-state index contributed by atoms with van der Waals surface area (Å²) >= 11 is 5.06. The summed E-state index contributed by atoms with van der Waals surface area (Å²) in [5, 5.41) is 13.9. The van der Waals surface area contributed by atoms with Crippen LogP contribution in [0.5, 0.6) is 0 Å². The fraction of sp³-hybridized carbons (Fsp3) is 0.167. The van der Waals surface area contributed by atoms with Crippen LogP contribution in [0.3, 0.4) is 0 Å². The Morgan fingerprint density at radius 2 is 2.17 bits per heavy atom. The van der Waals surface area contributed by atoms with Gasteiger partial charge in [-0.3, -0.25) is 10.1 Å². The molecule has 94 valence electrons. The van der Waals surface area contributed by atoms with Crippen molar-refractivity contribution >= 4 is 38.6 Å². The molecular formula is C12H11BrN2O2S. The van der Waals surface area contributed by atoms with Gasteiger partial charge >= 0.3 is 0 Å². The molecule has 0 aliphatic carbocycles. The quantitative estimate of drug-likeness (QED) is 0.660. The summed E-state index contributed by atoms with van der Waals surface area (Å²) in [6.07, 6.45) is 0. The van der Waals surface area contributed by atoms with Gasteiger partial charge in [-0.1, -0.05) is 6.07 Å². The highest BCUT2D eigenvalue weighted by Gasteiger charge is 2.10. The molecule has 1 heterocycles. The van der Waals surface area contributed by atoms with Crippen molar-refractivity contribution in [1.82, 2.24) is 0 Å². The second-order valence-corrected chi connectivity index (χ2v) is 6.31. The molecule has 2 aromatic rings. The maximum absolute atomic E-state index is 10.7. The second kappa shape index (κ2) is 5.49. The standard InChI is InChI=1S/C12H11BrN2O2S/c1-8(11-5-6-12(13)18-11)14-9-3-2-4-10(7-9)15(16)17/h2-8,14H,1H3. The summed E-state index contributed by atoms with van der Waals surface area (Å²) in [6.45, 7) is 2.02. The summed E-state index contributed by atoms with van der Waals surface area (Å²) in [5.74, 6) is 0. The first-order valence-electron chi connectivity index (χ1n) is 5.32. The average molecular weight is 327 g/mol. The van der Waals surface area contributed by atoms with E-state index in [0.29, 0.717) is 0 Å². The molecule has 0 bridgehead atoms. The maximum atomic E-state index is 10.7. The highest BCUT2D eigenvalue weighted by molar-refractivity contribution is 9.11. The van der Waals surface area contributed by atoms with Gasteiger partial charge in [0.1, 0.15) is 0 Å². The molecule has 18 heavy (non-hydrogen) atoms. The highest BCUT2D eigenvalue weighted by Crippen LogP contribution is 2.29. The van der Waals surface area contributed by atoms with Crippen LogP contribution in [0.1, 0.15) is 17.8 Å². The third-order valence-corrected chi connectivity index (χ3v) is 4.27. The van der Waals surface area contributed by atoms with Gasteiger partial charge in [0.25, 0.3) is 5.69 Å². The molecule has 0 saturated heterocycles. The van der Waals surface area contributed by atoms with Gasteiger partial charge in [0.2, 0.25) is 0 Å². The van der Waals surface area contributed by atoms with E-state index in [1.807, 2.05) is 25.1 Å². The summed E-state index contributed by atoms with van der Waals surface area (Å²) in [6, 6.07) is 10.7. The van der Waals surface area contributed by atoms with Gasteiger partial charge in [0.05, 0.1) is 14.8 Å². The number of nitro groups is 1. The number of hydrogen-bond acceptors (Lipinski definition) is 4. The van der Waals surface area contributed by atoms with Gasteiger partial charge in [-0.25, -0.2) is 0 Å². The topological polar surface area (TPSA) is 55.2 Å². The maximum Gasteiger partial charge on any atom is 0.271 e. The molecule has 0 amide bonds. The number of halogens is 1. The Hall–Kier alpha value is -1.40. The van der Waals surface area contributed by atoms with Crippen molar-refractivity contribution in [1.29, 1.82) is 0 Å². The summed E-state index contributed by atoms with van der Waals surface area (Å²) in [4.78, 5) is 11.5. The lowest BCUT2D eigenvalue weighted by molar-refractivity contribution is -0.384. The van der Waals surface area contributed by atoms with Crippen molar-refractivity contribution in [3.63, 3.8) is 0 Å². The number of nitro benzene ring substituents is 1. The smallest absolute Gasteiger partial charge is 0.271 e. The molecule has 0 aliphatic rings. The molecule has 1 unspecified atom stereocenters. The van der Waals surface area contributed by atoms with Crippen molar-refractivity contribution in [2.24, 2.45) is 0 Å². The number of non-ortho nitro benzene ring substituents is 1. The third kappa shape index (κ3) is 3.08. The van der Waals surface area contributed by atoms with E-state index in [0.717, 1.165) is 9.47 Å². The fourth-order valence-corrected chi connectivity index (χ4v) is 3.02. The molecule has 0 spiro atoms. The molecular weight excluding hydrogens is 316 g/mol. The first-order chi connectivity index (χ1) is 8.56. The van der Waals surface area contributed by atoms with Crippen LogP contribution in [0.2, 0.25) is 0 Å². The Kier molecular flexibility index (Phi) is 3.98. The lowest BCUT2D eigenvalue weighted by Gasteiger charge is -2.13. The first-order valence-corrected chi connectivity index (χ1v) is 6.93. The number of anilines is 1. The molecule has 6 heteroatoms. The number of benzene rings is 1. The molecule has 1 aromatic carbocycles. The second-order valence-electron chi connectivity index (χ2n) is 3.82. The predicted molar refractivity (Wildman–Crippen MR) is 77.2 cm³/mol. The molecule has 0 saturated carbocycles. The monoisotopic (exact) mass is 326 g/mol. The Balaban J connectivity index is 2.14. The molecule has 1 aromatic heterocycles. The molecule has 4 nitrogen and oxygen atoms in total. The van der Waals surface area contributed by atoms with Crippen LogP contribution < -0.4 is 5.32 Å². The first kappa shape index (κ1) is 13.0. The van der Waals surface area contributed by atoms with Crippen LogP contribution in [0.15, 0.2) is 40.2 Å². The number of rotatable bonds is 4. The fourth-order valence-electron chi connectivity index (χ4n) is 1.59. The van der Waals surface area contributed by atoms with Gasteiger partial charge in [-0.2, -0.15) is 0 Å². The SMILES string of the molecule is CC(Nc1cccc([N+](=O)[O-])c1)c1ccc(Br)s1. The minimum atomic E-state index is -0.391. The summed E-state index contributed by atoms with van der Waals surface area (Å²) in [7, 11) is 0. The molecule has 0 fully saturated rings. The minimum absolute atomic E-state index is 0.0968. The Bertz CT molecular complexity index is 571. The summed E-state index contributed by atoms with van der Waals surface area (Å²) < 4.78 is 1.07. The third-order valence-electron chi connectivity index (χ3n) is 2.46. The van der Waals surface area contributed by atoms with Crippen molar-refractivity contribution in [2.75, 3.05) is 5.32 Å². The van der Waals surface area contributed by atoms with Crippen LogP contribution in [0, 0.1) is 10.1 Å². The number of nitrogens with zero attached hydrogens (tertiary/aromatic N) is 1. The van der Waals surface area contributed by atoms with E-state index in [2.05, 4.69) is 21.2 Å². The molecule has 0 aliphatic heterocycles. The van der Waals surface area contributed by atoms with E-state index >= 15 is 0 Å². The summed E-state index contributed by atoms with van der Waals surface area (Å²) in [5.41, 5.74) is 0.848. The Labute approximate surface area is 117 Å². The van der Waals surface area contributed by atoms with Crippen molar-refractivity contribution in [3.8, 4) is 0 Å². The molecule has 2 rings (SSSR count). The van der Waals surface area contributed by atoms with Crippen molar-refractivity contribution < 1.29 is 4.92 Å². The van der Waals surface area contributed by atoms with Crippen LogP contribution in [0.25, 0.3) is 0 Å². The van der Waals surface area contributed by atoms with Crippen molar-refractivity contribution in [3.05, 3.63) is 55.2 Å². The zero-order valence-electron chi connectivity index (χ0n) is 9.59. The van der Waals surface area contributed by atoms with Crippen LogP contribution >= 0.6 is 27.3 Å². The van der Waals surface area contributed by atoms with Crippen LogP contribution in [0.4, 0.5) is 11.4 Å². The molecule has 0 radical (unpaired) electrons. The number of hydrogen-bond donors (Lipinski definition) is 1. The molecule has 1 atom stereocenters. The highest BCUT2D eigenvalue weighted by atomic mass is 79.9. The zero-order valence-corrected chi connectivity index (χ0v) is 12.0. The average Bonchev–Trinajstić information content (AvgIpc) is 2.76. The van der Waals surface area contributed by atoms with E-state index in [1.54, 1.807) is 23.5 Å². The van der Waals surface area contributed by atoms with Gasteiger partial charge in [-0.15, -0.1) is 11.3 Å². The lowest BCUT2D eigenvalue weighted by atomic mass is 10.2. The number of nitrogens with one attached hydrogen (secondary N) is 1. The van der Waals surface area contributed by atoms with Crippen molar-refractivity contribution in [2.45, 2.75) is 13.0 Å². The molecule has 1 N–H and O–H groups in total. The van der Waals surface area contributed by atoms with Crippen LogP contribution in [-0.2, 0) is 0 Å². The Morgan fingerprint density at radius 1 is 1.39 bits per heavy atom. The van der Waals surface area contributed by atoms with Crippen LogP contribution in [-0.4, -0.2) is 4.92 Å². The van der Waals surface area contributed by atoms with E-state index < -0.39 is 4.92 Å². The van der Waals surface area contributed by atoms with Gasteiger partial charge in [0.15, 0.2) is 0 Å². The minimum Gasteiger partial charge on any atom is -0.378 e.